The molecule has 4 heteroatoms. The second-order valence-corrected chi connectivity index (χ2v) is 10.8. The molecule has 1 aliphatic carbocycles. The van der Waals surface area contributed by atoms with E-state index in [0.29, 0.717) is 5.54 Å². The Bertz CT molecular complexity index is 455. The summed E-state index contributed by atoms with van der Waals surface area (Å²) in [5.41, 5.74) is 0.545. The van der Waals surface area contributed by atoms with Gasteiger partial charge in [0, 0.05) is 32.3 Å². The van der Waals surface area contributed by atoms with Crippen molar-refractivity contribution in [2.75, 3.05) is 39.4 Å². The second kappa shape index (κ2) is 7.26. The van der Waals surface area contributed by atoms with E-state index in [-0.39, 0.29) is 0 Å². The Morgan fingerprint density at radius 3 is 2.27 bits per heavy atom. The van der Waals surface area contributed by atoms with Crippen LogP contribution in [-0.2, 0) is 0 Å². The predicted molar refractivity (Wildman–Crippen MR) is 94.8 cm³/mol. The van der Waals surface area contributed by atoms with Gasteiger partial charge in [0.05, 0.1) is 0 Å². The lowest BCUT2D eigenvalue weighted by Gasteiger charge is -2.42. The SMILES string of the molecule is CN1CCN(C[Si](O)(c2ccccc2)C2CCCCC2)CC1. The maximum Gasteiger partial charge on any atom is 0.237 e. The number of benzene rings is 1. The maximum atomic E-state index is 11.8. The van der Waals surface area contributed by atoms with Gasteiger partial charge in [-0.15, -0.1) is 0 Å². The summed E-state index contributed by atoms with van der Waals surface area (Å²) in [7, 11) is -0.233. The summed E-state index contributed by atoms with van der Waals surface area (Å²) >= 11 is 0. The van der Waals surface area contributed by atoms with Gasteiger partial charge in [-0.25, -0.2) is 0 Å². The average Bonchev–Trinajstić information content (AvgIpc) is 2.58. The lowest BCUT2D eigenvalue weighted by atomic mass is 10.0. The minimum Gasteiger partial charge on any atom is -0.426 e. The van der Waals surface area contributed by atoms with Crippen LogP contribution < -0.4 is 5.19 Å². The molecule has 1 N–H and O–H groups in total. The van der Waals surface area contributed by atoms with E-state index in [0.717, 1.165) is 32.3 Å². The van der Waals surface area contributed by atoms with Crippen LogP contribution in [-0.4, -0.2) is 62.3 Å². The number of hydrogen-bond donors (Lipinski definition) is 1. The Hall–Kier alpha value is -0.683. The summed E-state index contributed by atoms with van der Waals surface area (Å²) in [6.07, 6.45) is 7.33. The van der Waals surface area contributed by atoms with E-state index >= 15 is 0 Å². The molecule has 0 bridgehead atoms. The molecule has 0 spiro atoms. The van der Waals surface area contributed by atoms with Crippen LogP contribution in [0.15, 0.2) is 30.3 Å². The average molecular weight is 319 g/mol. The fraction of sp³-hybridized carbons (Fsp3) is 0.667. The van der Waals surface area contributed by atoms with E-state index in [1.165, 1.54) is 37.3 Å². The third-order valence-electron chi connectivity index (χ3n) is 5.61. The standard InChI is InChI=1S/C18H30N2OSi/c1-19-12-14-20(15-13-19)16-22(21,17-8-4-2-5-9-17)18-10-6-3-7-11-18/h2,4-5,8-9,18,21H,3,6-7,10-16H2,1H3. The molecule has 2 aliphatic rings. The minimum atomic E-state index is -2.43. The molecule has 1 aliphatic heterocycles. The highest BCUT2D eigenvalue weighted by Gasteiger charge is 2.43. The van der Waals surface area contributed by atoms with Gasteiger partial charge in [0.15, 0.2) is 0 Å². The molecular formula is C18H30N2OSi. The summed E-state index contributed by atoms with van der Waals surface area (Å²) in [4.78, 5) is 16.7. The van der Waals surface area contributed by atoms with Crippen molar-refractivity contribution < 1.29 is 4.80 Å². The molecule has 0 amide bonds. The molecule has 0 aromatic heterocycles. The number of piperazine rings is 1. The van der Waals surface area contributed by atoms with E-state index in [4.69, 9.17) is 0 Å². The molecule has 1 unspecified atom stereocenters. The number of nitrogens with zero attached hydrogens (tertiary/aromatic N) is 2. The van der Waals surface area contributed by atoms with Crippen LogP contribution >= 0.6 is 0 Å². The van der Waals surface area contributed by atoms with Gasteiger partial charge in [-0.1, -0.05) is 62.4 Å². The van der Waals surface area contributed by atoms with Crippen molar-refractivity contribution in [2.24, 2.45) is 0 Å². The summed E-state index contributed by atoms with van der Waals surface area (Å²) in [5, 5.41) is 1.25. The lowest BCUT2D eigenvalue weighted by molar-refractivity contribution is 0.166. The Balaban J connectivity index is 1.79. The molecule has 1 heterocycles. The quantitative estimate of drug-likeness (QED) is 0.860. The van der Waals surface area contributed by atoms with Crippen LogP contribution in [0.4, 0.5) is 0 Å². The molecule has 1 aromatic carbocycles. The molecule has 3 rings (SSSR count). The van der Waals surface area contributed by atoms with Crippen molar-refractivity contribution in [1.82, 2.24) is 9.80 Å². The molecule has 22 heavy (non-hydrogen) atoms. The van der Waals surface area contributed by atoms with Crippen molar-refractivity contribution >= 4 is 13.5 Å². The second-order valence-electron chi connectivity index (χ2n) is 7.20. The molecule has 1 atom stereocenters. The predicted octanol–water partition coefficient (Wildman–Crippen LogP) is 1.95. The Kier molecular flexibility index (Phi) is 5.34. The molecule has 1 aromatic rings. The first kappa shape index (κ1) is 16.2. The third-order valence-corrected chi connectivity index (χ3v) is 9.81. The van der Waals surface area contributed by atoms with E-state index in [9.17, 15) is 4.80 Å². The molecule has 0 radical (unpaired) electrons. The maximum absolute atomic E-state index is 11.8. The molecule has 3 nitrogen and oxygen atoms in total. The van der Waals surface area contributed by atoms with Gasteiger partial charge in [0.2, 0.25) is 8.32 Å². The molecule has 122 valence electrons. The highest BCUT2D eigenvalue weighted by atomic mass is 28.4. The summed E-state index contributed by atoms with van der Waals surface area (Å²) < 4.78 is 0. The molecule has 2 fully saturated rings. The monoisotopic (exact) mass is 318 g/mol. The fourth-order valence-electron chi connectivity index (χ4n) is 4.11. The van der Waals surface area contributed by atoms with Crippen LogP contribution in [0.2, 0.25) is 5.54 Å². The smallest absolute Gasteiger partial charge is 0.237 e. The van der Waals surface area contributed by atoms with Gasteiger partial charge in [0.25, 0.3) is 0 Å². The van der Waals surface area contributed by atoms with Crippen LogP contribution in [0.1, 0.15) is 32.1 Å². The van der Waals surface area contributed by atoms with E-state index in [2.05, 4.69) is 47.2 Å². The first-order valence-corrected chi connectivity index (χ1v) is 11.1. The van der Waals surface area contributed by atoms with E-state index in [1.54, 1.807) is 0 Å². The fourth-order valence-corrected chi connectivity index (χ4v) is 8.15. The third kappa shape index (κ3) is 3.62. The van der Waals surface area contributed by atoms with Gasteiger partial charge in [-0.3, -0.25) is 0 Å². The van der Waals surface area contributed by atoms with Crippen molar-refractivity contribution in [3.05, 3.63) is 30.3 Å². The van der Waals surface area contributed by atoms with Crippen molar-refractivity contribution in [1.29, 1.82) is 0 Å². The van der Waals surface area contributed by atoms with Crippen LogP contribution in [0, 0.1) is 0 Å². The van der Waals surface area contributed by atoms with Gasteiger partial charge >= 0.3 is 0 Å². The summed E-state index contributed by atoms with van der Waals surface area (Å²) in [5.74, 6) is 0. The zero-order valence-electron chi connectivity index (χ0n) is 13.9. The normalized spacial score (nSPS) is 25.0. The van der Waals surface area contributed by atoms with Crippen LogP contribution in [0.3, 0.4) is 0 Å². The van der Waals surface area contributed by atoms with Crippen LogP contribution in [0.5, 0.6) is 0 Å². The van der Waals surface area contributed by atoms with E-state index < -0.39 is 8.32 Å². The van der Waals surface area contributed by atoms with Gasteiger partial charge in [0.1, 0.15) is 0 Å². The highest BCUT2D eigenvalue weighted by molar-refractivity contribution is 6.86. The first-order valence-electron chi connectivity index (χ1n) is 8.87. The summed E-state index contributed by atoms with van der Waals surface area (Å²) in [6.45, 7) is 4.46. The number of rotatable bonds is 4. The molecule has 1 saturated heterocycles. The van der Waals surface area contributed by atoms with Gasteiger partial charge in [-0.05, 0) is 17.8 Å². The molecular weight excluding hydrogens is 288 g/mol. The summed E-state index contributed by atoms with van der Waals surface area (Å²) in [6, 6.07) is 10.6. The van der Waals surface area contributed by atoms with Gasteiger partial charge in [-0.2, -0.15) is 0 Å². The lowest BCUT2D eigenvalue weighted by Crippen LogP contribution is -2.62. The van der Waals surface area contributed by atoms with Gasteiger partial charge < -0.3 is 14.6 Å². The largest absolute Gasteiger partial charge is 0.426 e. The molecule has 1 saturated carbocycles. The Morgan fingerprint density at radius 1 is 1.00 bits per heavy atom. The number of likely N-dealkylation sites (N-methyl/N-ethyl adjacent to an activating group) is 1. The number of hydrogen-bond acceptors (Lipinski definition) is 3. The Morgan fingerprint density at radius 2 is 1.64 bits per heavy atom. The van der Waals surface area contributed by atoms with Crippen molar-refractivity contribution in [3.8, 4) is 0 Å². The van der Waals surface area contributed by atoms with Crippen molar-refractivity contribution in [3.63, 3.8) is 0 Å². The van der Waals surface area contributed by atoms with Crippen molar-refractivity contribution in [2.45, 2.75) is 37.6 Å². The minimum absolute atomic E-state index is 0.545. The first-order chi connectivity index (χ1) is 10.7. The zero-order chi connectivity index (χ0) is 15.4. The highest BCUT2D eigenvalue weighted by Crippen LogP contribution is 2.36. The van der Waals surface area contributed by atoms with E-state index in [1.807, 2.05) is 0 Å². The topological polar surface area (TPSA) is 26.7 Å². The van der Waals surface area contributed by atoms with Crippen LogP contribution in [0.25, 0.3) is 0 Å². The Labute approximate surface area is 136 Å². The zero-order valence-corrected chi connectivity index (χ0v) is 14.9.